The van der Waals surface area contributed by atoms with Gasteiger partial charge in [-0.25, -0.2) is 0 Å². The molecule has 1 saturated heterocycles. The molecule has 0 bridgehead atoms. The Balaban J connectivity index is 1.93. The van der Waals surface area contributed by atoms with Gasteiger partial charge in [0.25, 0.3) is 5.91 Å². The molecule has 5 nitrogen and oxygen atoms in total. The second-order valence-corrected chi connectivity index (χ2v) is 6.31. The molecule has 1 aliphatic rings. The quantitative estimate of drug-likeness (QED) is 0.887. The van der Waals surface area contributed by atoms with Crippen molar-refractivity contribution in [1.29, 1.82) is 0 Å². The van der Waals surface area contributed by atoms with E-state index in [1.165, 1.54) is 0 Å². The first-order chi connectivity index (χ1) is 10.0. The van der Waals surface area contributed by atoms with Gasteiger partial charge in [-0.2, -0.15) is 0 Å². The molecule has 0 radical (unpaired) electrons. The zero-order chi connectivity index (χ0) is 15.4. The molecule has 1 atom stereocenters. The van der Waals surface area contributed by atoms with E-state index in [1.807, 2.05) is 0 Å². The number of amides is 1. The third kappa shape index (κ3) is 4.18. The second-order valence-electron chi connectivity index (χ2n) is 5.46. The summed E-state index contributed by atoms with van der Waals surface area (Å²) in [5, 5.41) is 3.02. The Kier molecular flexibility index (Phi) is 5.61. The SMILES string of the molecule is COc1ccc(C(=O)NCC2CN(C)CCN2C)cc1Br. The summed E-state index contributed by atoms with van der Waals surface area (Å²) in [7, 11) is 5.82. The van der Waals surface area contributed by atoms with Crippen molar-refractivity contribution in [3.05, 3.63) is 28.2 Å². The maximum absolute atomic E-state index is 12.2. The lowest BCUT2D eigenvalue weighted by molar-refractivity contribution is 0.0881. The lowest BCUT2D eigenvalue weighted by Gasteiger charge is -2.37. The molecule has 1 fully saturated rings. The van der Waals surface area contributed by atoms with Crippen LogP contribution in [0.3, 0.4) is 0 Å². The van der Waals surface area contributed by atoms with Crippen LogP contribution >= 0.6 is 15.9 Å². The van der Waals surface area contributed by atoms with Crippen LogP contribution in [0.4, 0.5) is 0 Å². The predicted octanol–water partition coefficient (Wildman–Crippen LogP) is 1.43. The normalized spacial score (nSPS) is 20.3. The Morgan fingerprint density at radius 1 is 1.43 bits per heavy atom. The van der Waals surface area contributed by atoms with E-state index in [-0.39, 0.29) is 5.91 Å². The van der Waals surface area contributed by atoms with E-state index in [0.29, 0.717) is 18.2 Å². The number of nitrogens with one attached hydrogen (secondary N) is 1. The number of nitrogens with zero attached hydrogens (tertiary/aromatic N) is 2. The van der Waals surface area contributed by atoms with Crippen molar-refractivity contribution in [2.45, 2.75) is 6.04 Å². The minimum absolute atomic E-state index is 0.0556. The zero-order valence-corrected chi connectivity index (χ0v) is 14.3. The zero-order valence-electron chi connectivity index (χ0n) is 12.7. The minimum atomic E-state index is -0.0556. The van der Waals surface area contributed by atoms with Gasteiger partial charge in [0.2, 0.25) is 0 Å². The third-order valence-electron chi connectivity index (χ3n) is 3.89. The van der Waals surface area contributed by atoms with E-state index in [2.05, 4.69) is 45.1 Å². The number of halogens is 1. The van der Waals surface area contributed by atoms with Crippen molar-refractivity contribution >= 4 is 21.8 Å². The maximum Gasteiger partial charge on any atom is 0.251 e. The summed E-state index contributed by atoms with van der Waals surface area (Å²) >= 11 is 3.40. The lowest BCUT2D eigenvalue weighted by atomic mass is 10.1. The maximum atomic E-state index is 12.2. The van der Waals surface area contributed by atoms with E-state index >= 15 is 0 Å². The molecular formula is C15H22BrN3O2. The van der Waals surface area contributed by atoms with Gasteiger partial charge in [0, 0.05) is 37.8 Å². The number of likely N-dealkylation sites (N-methyl/N-ethyl adjacent to an activating group) is 2. The smallest absolute Gasteiger partial charge is 0.251 e. The van der Waals surface area contributed by atoms with Crippen LogP contribution in [-0.2, 0) is 0 Å². The van der Waals surface area contributed by atoms with Crippen LogP contribution in [-0.4, -0.2) is 69.1 Å². The number of hydrogen-bond donors (Lipinski definition) is 1. The highest BCUT2D eigenvalue weighted by Gasteiger charge is 2.22. The van der Waals surface area contributed by atoms with Crippen LogP contribution in [0.5, 0.6) is 5.75 Å². The Morgan fingerprint density at radius 3 is 2.86 bits per heavy atom. The van der Waals surface area contributed by atoms with Gasteiger partial charge in [-0.3, -0.25) is 9.69 Å². The number of benzene rings is 1. The fourth-order valence-electron chi connectivity index (χ4n) is 2.44. The molecule has 0 saturated carbocycles. The summed E-state index contributed by atoms with van der Waals surface area (Å²) in [4.78, 5) is 16.8. The third-order valence-corrected chi connectivity index (χ3v) is 4.51. The molecular weight excluding hydrogens is 334 g/mol. The summed E-state index contributed by atoms with van der Waals surface area (Å²) in [6.07, 6.45) is 0. The highest BCUT2D eigenvalue weighted by atomic mass is 79.9. The van der Waals surface area contributed by atoms with Crippen molar-refractivity contribution in [1.82, 2.24) is 15.1 Å². The van der Waals surface area contributed by atoms with Crippen LogP contribution in [0, 0.1) is 0 Å². The number of rotatable bonds is 4. The van der Waals surface area contributed by atoms with Gasteiger partial charge in [-0.05, 0) is 48.2 Å². The number of carbonyl (C=O) groups excluding carboxylic acids is 1. The van der Waals surface area contributed by atoms with Crippen molar-refractivity contribution in [3.63, 3.8) is 0 Å². The van der Waals surface area contributed by atoms with Crippen molar-refractivity contribution < 1.29 is 9.53 Å². The predicted molar refractivity (Wildman–Crippen MR) is 86.9 cm³/mol. The molecule has 2 rings (SSSR count). The molecule has 116 valence electrons. The van der Waals surface area contributed by atoms with Crippen molar-refractivity contribution in [3.8, 4) is 5.75 Å². The second kappa shape index (κ2) is 7.24. The summed E-state index contributed by atoms with van der Waals surface area (Å²) in [6.45, 7) is 3.74. The Labute approximate surface area is 134 Å². The standard InChI is InChI=1S/C15H22BrN3O2/c1-18-6-7-19(2)12(10-18)9-17-15(20)11-4-5-14(21-3)13(16)8-11/h4-5,8,12H,6-7,9-10H2,1-3H3,(H,17,20). The summed E-state index contributed by atoms with van der Waals surface area (Å²) in [5.74, 6) is 0.667. The lowest BCUT2D eigenvalue weighted by Crippen LogP contribution is -2.54. The van der Waals surface area contributed by atoms with Crippen molar-refractivity contribution in [2.75, 3.05) is 47.4 Å². The Bertz CT molecular complexity index is 510. The molecule has 1 aromatic rings. The molecule has 0 spiro atoms. The molecule has 1 unspecified atom stereocenters. The number of hydrogen-bond acceptors (Lipinski definition) is 4. The average Bonchev–Trinajstić information content (AvgIpc) is 2.47. The number of piperazine rings is 1. The van der Waals surface area contributed by atoms with Gasteiger partial charge in [0.15, 0.2) is 0 Å². The molecule has 1 aromatic carbocycles. The summed E-state index contributed by atoms with van der Waals surface area (Å²) in [6, 6.07) is 5.70. The van der Waals surface area contributed by atoms with Crippen LogP contribution in [0.25, 0.3) is 0 Å². The van der Waals surface area contributed by atoms with Crippen LogP contribution < -0.4 is 10.1 Å². The summed E-state index contributed by atoms with van der Waals surface area (Å²) in [5.41, 5.74) is 0.634. The first-order valence-corrected chi connectivity index (χ1v) is 7.81. The topological polar surface area (TPSA) is 44.8 Å². The molecule has 1 aliphatic heterocycles. The number of carbonyl (C=O) groups is 1. The van der Waals surface area contributed by atoms with Gasteiger partial charge >= 0.3 is 0 Å². The van der Waals surface area contributed by atoms with E-state index < -0.39 is 0 Å². The highest BCUT2D eigenvalue weighted by Crippen LogP contribution is 2.25. The van der Waals surface area contributed by atoms with Gasteiger partial charge in [-0.1, -0.05) is 0 Å². The summed E-state index contributed by atoms with van der Waals surface area (Å²) < 4.78 is 5.95. The van der Waals surface area contributed by atoms with Gasteiger partial charge in [-0.15, -0.1) is 0 Å². The van der Waals surface area contributed by atoms with E-state index in [9.17, 15) is 4.79 Å². The van der Waals surface area contributed by atoms with Gasteiger partial charge < -0.3 is 15.0 Å². The Morgan fingerprint density at radius 2 is 2.19 bits per heavy atom. The van der Waals surface area contributed by atoms with E-state index in [0.717, 1.165) is 29.9 Å². The highest BCUT2D eigenvalue weighted by molar-refractivity contribution is 9.10. The molecule has 1 heterocycles. The molecule has 0 aliphatic carbocycles. The number of methoxy groups -OCH3 is 1. The van der Waals surface area contributed by atoms with E-state index in [1.54, 1.807) is 25.3 Å². The minimum Gasteiger partial charge on any atom is -0.496 e. The first kappa shape index (κ1) is 16.3. The number of ether oxygens (including phenoxy) is 1. The van der Waals surface area contributed by atoms with E-state index in [4.69, 9.17) is 4.74 Å². The largest absolute Gasteiger partial charge is 0.496 e. The molecule has 6 heteroatoms. The fraction of sp³-hybridized carbons (Fsp3) is 0.533. The molecule has 21 heavy (non-hydrogen) atoms. The van der Waals surface area contributed by atoms with Crippen LogP contribution in [0.15, 0.2) is 22.7 Å². The molecule has 1 N–H and O–H groups in total. The molecule has 0 aromatic heterocycles. The monoisotopic (exact) mass is 355 g/mol. The van der Waals surface area contributed by atoms with Gasteiger partial charge in [0.05, 0.1) is 11.6 Å². The van der Waals surface area contributed by atoms with Crippen molar-refractivity contribution in [2.24, 2.45) is 0 Å². The fourth-order valence-corrected chi connectivity index (χ4v) is 2.98. The van der Waals surface area contributed by atoms with Crippen LogP contribution in [0.2, 0.25) is 0 Å². The van der Waals surface area contributed by atoms with Crippen LogP contribution in [0.1, 0.15) is 10.4 Å². The molecule has 1 amide bonds. The first-order valence-electron chi connectivity index (χ1n) is 7.01. The Hall–Kier alpha value is -1.11. The average molecular weight is 356 g/mol. The van der Waals surface area contributed by atoms with Gasteiger partial charge in [0.1, 0.15) is 5.75 Å².